The molecule has 0 saturated heterocycles. The molecule has 1 aromatic heterocycles. The first-order chi connectivity index (χ1) is 12.1. The van der Waals surface area contributed by atoms with Gasteiger partial charge in [0.15, 0.2) is 16.4 Å². The molecule has 10 heteroatoms. The minimum Gasteiger partial charge on any atom is -0.454 e. The smallest absolute Gasteiger partial charge is 0.338 e. The second-order valence-electron chi connectivity index (χ2n) is 5.33. The summed E-state index contributed by atoms with van der Waals surface area (Å²) in [4.78, 5) is 35.2. The summed E-state index contributed by atoms with van der Waals surface area (Å²) in [5.74, 6) is -1.33. The number of nitro benzene ring substituents is 1. The van der Waals surface area contributed by atoms with Crippen LogP contribution >= 0.6 is 11.3 Å². The van der Waals surface area contributed by atoms with Gasteiger partial charge < -0.3 is 4.74 Å². The summed E-state index contributed by atoms with van der Waals surface area (Å²) in [7, 11) is -3.83. The van der Waals surface area contributed by atoms with Gasteiger partial charge in [-0.1, -0.05) is 6.92 Å². The van der Waals surface area contributed by atoms with Gasteiger partial charge in [0.2, 0.25) is 5.78 Å². The fraction of sp³-hybridized carbons (Fsp3) is 0.250. The molecule has 0 aliphatic rings. The zero-order chi connectivity index (χ0) is 19.5. The van der Waals surface area contributed by atoms with E-state index in [2.05, 4.69) is 0 Å². The molecule has 0 unspecified atom stereocenters. The van der Waals surface area contributed by atoms with Gasteiger partial charge in [0.1, 0.15) is 4.90 Å². The third-order valence-corrected chi connectivity index (χ3v) is 5.82. The number of ketones is 1. The van der Waals surface area contributed by atoms with Gasteiger partial charge in [0, 0.05) is 17.2 Å². The van der Waals surface area contributed by atoms with E-state index in [0.717, 1.165) is 35.8 Å². The Morgan fingerprint density at radius 1 is 1.23 bits per heavy atom. The van der Waals surface area contributed by atoms with E-state index in [1.807, 2.05) is 13.0 Å². The largest absolute Gasteiger partial charge is 0.454 e. The highest BCUT2D eigenvalue weighted by Gasteiger charge is 2.24. The lowest BCUT2D eigenvalue weighted by Crippen LogP contribution is -2.14. The number of thiophene rings is 1. The van der Waals surface area contributed by atoms with Crippen molar-refractivity contribution in [2.75, 3.05) is 12.9 Å². The summed E-state index contributed by atoms with van der Waals surface area (Å²) >= 11 is 1.30. The predicted molar refractivity (Wildman–Crippen MR) is 94.5 cm³/mol. The van der Waals surface area contributed by atoms with Crippen LogP contribution in [0.4, 0.5) is 5.69 Å². The summed E-state index contributed by atoms with van der Waals surface area (Å²) in [6, 6.07) is 6.36. The molecule has 0 radical (unpaired) electrons. The minimum atomic E-state index is -3.83. The lowest BCUT2D eigenvalue weighted by atomic mass is 10.2. The molecule has 2 rings (SSSR count). The van der Waals surface area contributed by atoms with Crippen molar-refractivity contribution < 1.29 is 27.7 Å². The molecule has 0 aliphatic carbocycles. The third kappa shape index (κ3) is 4.52. The first-order valence-electron chi connectivity index (χ1n) is 7.41. The molecular formula is C16H15NO7S2. The summed E-state index contributed by atoms with van der Waals surface area (Å²) < 4.78 is 28.0. The lowest BCUT2D eigenvalue weighted by molar-refractivity contribution is -0.387. The van der Waals surface area contributed by atoms with Crippen LogP contribution in [-0.2, 0) is 21.0 Å². The lowest BCUT2D eigenvalue weighted by Gasteiger charge is -2.05. The zero-order valence-electron chi connectivity index (χ0n) is 13.9. The Bertz CT molecular complexity index is 976. The normalized spacial score (nSPS) is 11.2. The summed E-state index contributed by atoms with van der Waals surface area (Å²) in [5, 5.41) is 11.1. The van der Waals surface area contributed by atoms with Gasteiger partial charge in [0.25, 0.3) is 5.69 Å². The van der Waals surface area contributed by atoms with E-state index in [9.17, 15) is 28.1 Å². The van der Waals surface area contributed by atoms with E-state index in [-0.39, 0.29) is 11.3 Å². The van der Waals surface area contributed by atoms with Crippen molar-refractivity contribution in [2.24, 2.45) is 0 Å². The highest BCUT2D eigenvalue weighted by Crippen LogP contribution is 2.25. The summed E-state index contributed by atoms with van der Waals surface area (Å²) in [5.41, 5.74) is -0.934. The Labute approximate surface area is 153 Å². The Morgan fingerprint density at radius 3 is 2.46 bits per heavy atom. The van der Waals surface area contributed by atoms with Crippen molar-refractivity contribution in [3.05, 3.63) is 55.8 Å². The Hall–Kier alpha value is -2.59. The molecule has 1 aromatic carbocycles. The number of sulfone groups is 1. The van der Waals surface area contributed by atoms with Crippen LogP contribution in [0.2, 0.25) is 0 Å². The van der Waals surface area contributed by atoms with Crippen LogP contribution in [0.3, 0.4) is 0 Å². The number of hydrogen-bond donors (Lipinski definition) is 0. The molecule has 0 fully saturated rings. The van der Waals surface area contributed by atoms with Gasteiger partial charge >= 0.3 is 5.97 Å². The van der Waals surface area contributed by atoms with Crippen LogP contribution in [0.15, 0.2) is 35.2 Å². The quantitative estimate of drug-likeness (QED) is 0.305. The highest BCUT2D eigenvalue weighted by molar-refractivity contribution is 7.90. The second kappa shape index (κ2) is 7.75. The standard InChI is InChI=1S/C16H15NO7S2/c1-3-11-5-6-14(25-11)13(18)9-24-16(19)10-4-7-15(26(2,22)23)12(8-10)17(20)21/h4-8H,3,9H2,1-2H3. The maximum atomic E-state index is 12.0. The number of nitrogens with zero attached hydrogens (tertiary/aromatic N) is 1. The van der Waals surface area contributed by atoms with Crippen LogP contribution in [0.5, 0.6) is 0 Å². The zero-order valence-corrected chi connectivity index (χ0v) is 15.6. The highest BCUT2D eigenvalue weighted by atomic mass is 32.2. The van der Waals surface area contributed by atoms with Crippen LogP contribution in [-0.4, -0.2) is 38.0 Å². The number of esters is 1. The molecule has 1 heterocycles. The number of rotatable bonds is 7. The van der Waals surface area contributed by atoms with Crippen LogP contribution in [0.1, 0.15) is 31.8 Å². The molecular weight excluding hydrogens is 382 g/mol. The predicted octanol–water partition coefficient (Wildman–Crippen LogP) is 2.66. The molecule has 0 spiro atoms. The SMILES string of the molecule is CCc1ccc(C(=O)COC(=O)c2ccc(S(C)(=O)=O)c([N+](=O)[O-])c2)s1. The van der Waals surface area contributed by atoms with Gasteiger partial charge in [-0.3, -0.25) is 14.9 Å². The van der Waals surface area contributed by atoms with Gasteiger partial charge in [0.05, 0.1) is 15.4 Å². The van der Waals surface area contributed by atoms with E-state index >= 15 is 0 Å². The average Bonchev–Trinajstić information content (AvgIpc) is 3.07. The van der Waals surface area contributed by atoms with Crippen LogP contribution in [0, 0.1) is 10.1 Å². The van der Waals surface area contributed by atoms with Crippen LogP contribution < -0.4 is 0 Å². The number of carbonyl (C=O) groups excluding carboxylic acids is 2. The monoisotopic (exact) mass is 397 g/mol. The maximum Gasteiger partial charge on any atom is 0.338 e. The molecule has 0 amide bonds. The first kappa shape index (κ1) is 19.7. The summed E-state index contributed by atoms with van der Waals surface area (Å²) in [6.07, 6.45) is 1.62. The molecule has 0 atom stereocenters. The Kier molecular flexibility index (Phi) is 5.88. The van der Waals surface area contributed by atoms with Crippen molar-refractivity contribution >= 4 is 38.6 Å². The third-order valence-electron chi connectivity index (χ3n) is 3.41. The van der Waals surface area contributed by atoms with E-state index in [0.29, 0.717) is 4.88 Å². The second-order valence-corrected chi connectivity index (χ2v) is 8.48. The fourth-order valence-corrected chi connectivity index (χ4v) is 3.80. The molecule has 0 aliphatic heterocycles. The van der Waals surface area contributed by atoms with E-state index in [4.69, 9.17) is 4.74 Å². The number of carbonyl (C=O) groups is 2. The minimum absolute atomic E-state index is 0.211. The number of ether oxygens (including phenoxy) is 1. The molecule has 0 bridgehead atoms. The number of benzene rings is 1. The van der Waals surface area contributed by atoms with Crippen molar-refractivity contribution in [1.82, 2.24) is 0 Å². The number of Topliss-reactive ketones (excluding diaryl/α,β-unsaturated/α-hetero) is 1. The number of nitro groups is 1. The molecule has 2 aromatic rings. The molecule has 0 saturated carbocycles. The van der Waals surface area contributed by atoms with Gasteiger partial charge in [-0.05, 0) is 30.7 Å². The Morgan fingerprint density at radius 2 is 1.92 bits per heavy atom. The van der Waals surface area contributed by atoms with Gasteiger partial charge in [-0.25, -0.2) is 13.2 Å². The van der Waals surface area contributed by atoms with Crippen molar-refractivity contribution in [2.45, 2.75) is 18.2 Å². The van der Waals surface area contributed by atoms with E-state index in [1.54, 1.807) is 6.07 Å². The van der Waals surface area contributed by atoms with Crippen molar-refractivity contribution in [1.29, 1.82) is 0 Å². The Balaban J connectivity index is 2.15. The molecule has 138 valence electrons. The summed E-state index contributed by atoms with van der Waals surface area (Å²) in [6.45, 7) is 1.44. The number of hydrogen-bond acceptors (Lipinski definition) is 8. The maximum absolute atomic E-state index is 12.0. The van der Waals surface area contributed by atoms with Crippen molar-refractivity contribution in [3.63, 3.8) is 0 Å². The molecule has 26 heavy (non-hydrogen) atoms. The average molecular weight is 397 g/mol. The molecule has 8 nitrogen and oxygen atoms in total. The molecule has 0 N–H and O–H groups in total. The fourth-order valence-electron chi connectivity index (χ4n) is 2.10. The number of aryl methyl sites for hydroxylation is 1. The van der Waals surface area contributed by atoms with Crippen molar-refractivity contribution in [3.8, 4) is 0 Å². The van der Waals surface area contributed by atoms with Gasteiger partial charge in [-0.15, -0.1) is 11.3 Å². The van der Waals surface area contributed by atoms with Gasteiger partial charge in [-0.2, -0.15) is 0 Å². The first-order valence-corrected chi connectivity index (χ1v) is 10.1. The topological polar surface area (TPSA) is 121 Å². The van der Waals surface area contributed by atoms with Crippen LogP contribution in [0.25, 0.3) is 0 Å². The van der Waals surface area contributed by atoms with E-state index in [1.165, 1.54) is 11.3 Å². The van der Waals surface area contributed by atoms with E-state index < -0.39 is 37.9 Å².